The van der Waals surface area contributed by atoms with E-state index in [-0.39, 0.29) is 5.91 Å². The van der Waals surface area contributed by atoms with Gasteiger partial charge >= 0.3 is 0 Å². The van der Waals surface area contributed by atoms with Crippen LogP contribution in [0.1, 0.15) is 21.8 Å². The van der Waals surface area contributed by atoms with Crippen molar-refractivity contribution in [1.29, 1.82) is 0 Å². The Bertz CT molecular complexity index is 1000. The van der Waals surface area contributed by atoms with Gasteiger partial charge in [-0.25, -0.2) is 9.97 Å². The van der Waals surface area contributed by atoms with E-state index in [2.05, 4.69) is 56.9 Å². The number of amides is 1. The van der Waals surface area contributed by atoms with E-state index >= 15 is 0 Å². The van der Waals surface area contributed by atoms with Gasteiger partial charge in [-0.3, -0.25) is 14.3 Å². The van der Waals surface area contributed by atoms with Crippen molar-refractivity contribution in [2.75, 3.05) is 31.9 Å². The first-order chi connectivity index (χ1) is 14.5. The molecule has 0 radical (unpaired) electrons. The molecule has 158 valence electrons. The van der Waals surface area contributed by atoms with E-state index in [1.165, 1.54) is 22.9 Å². The lowest BCUT2D eigenvalue weighted by molar-refractivity contribution is -0.130. The van der Waals surface area contributed by atoms with Gasteiger partial charge in [-0.05, 0) is 44.0 Å². The molecular formula is C22H27N5OS2. The summed E-state index contributed by atoms with van der Waals surface area (Å²) in [5, 5.41) is 4.09. The molecule has 0 aliphatic carbocycles. The van der Waals surface area contributed by atoms with Gasteiger partial charge in [0.2, 0.25) is 5.91 Å². The third-order valence-electron chi connectivity index (χ3n) is 5.19. The van der Waals surface area contributed by atoms with E-state index in [0.717, 1.165) is 54.3 Å². The monoisotopic (exact) mass is 441 g/mol. The van der Waals surface area contributed by atoms with Gasteiger partial charge in [0.15, 0.2) is 5.16 Å². The number of aryl methyl sites for hydroxylation is 3. The molecule has 2 aromatic heterocycles. The molecule has 1 fully saturated rings. The van der Waals surface area contributed by atoms with Gasteiger partial charge in [-0.15, -0.1) is 11.3 Å². The topological polar surface area (TPSA) is 54.3 Å². The first-order valence-electron chi connectivity index (χ1n) is 10.1. The molecule has 0 unspecified atom stereocenters. The van der Waals surface area contributed by atoms with Gasteiger partial charge in [0.05, 0.1) is 16.5 Å². The number of hydrogen-bond donors (Lipinski definition) is 0. The molecule has 1 amide bonds. The highest BCUT2D eigenvalue weighted by atomic mass is 32.2. The number of carbonyl (C=O) groups excluding carboxylic acids is 1. The van der Waals surface area contributed by atoms with Crippen molar-refractivity contribution in [2.45, 2.75) is 32.5 Å². The minimum atomic E-state index is 0.180. The van der Waals surface area contributed by atoms with Crippen LogP contribution in [-0.2, 0) is 11.3 Å². The van der Waals surface area contributed by atoms with E-state index in [9.17, 15) is 4.79 Å². The van der Waals surface area contributed by atoms with Crippen molar-refractivity contribution in [2.24, 2.45) is 0 Å². The van der Waals surface area contributed by atoms with Crippen LogP contribution in [0.15, 0.2) is 41.1 Å². The molecule has 0 atom stereocenters. The number of rotatable bonds is 6. The Morgan fingerprint density at radius 3 is 2.50 bits per heavy atom. The molecule has 1 aromatic carbocycles. The standard InChI is InChI=1S/C22H27N5OS2/c1-16-10-17(2)12-20(11-16)27-5-4-23-22(27)30-15-21(28)26-8-6-25(7-9-26)13-19-14-29-18(3)24-19/h4-5,10-12,14H,6-9,13,15H2,1-3H3. The molecular weight excluding hydrogens is 414 g/mol. The summed E-state index contributed by atoms with van der Waals surface area (Å²) < 4.78 is 2.06. The van der Waals surface area contributed by atoms with E-state index in [4.69, 9.17) is 0 Å². The van der Waals surface area contributed by atoms with Crippen LogP contribution < -0.4 is 0 Å². The zero-order valence-electron chi connectivity index (χ0n) is 17.7. The Kier molecular flexibility index (Phi) is 6.55. The van der Waals surface area contributed by atoms with Crippen molar-refractivity contribution in [3.05, 3.63) is 57.8 Å². The molecule has 6 nitrogen and oxygen atoms in total. The molecule has 3 heterocycles. The number of thiazole rings is 1. The van der Waals surface area contributed by atoms with Crippen molar-refractivity contribution >= 4 is 29.0 Å². The van der Waals surface area contributed by atoms with E-state index in [1.807, 2.05) is 18.0 Å². The lowest BCUT2D eigenvalue weighted by Crippen LogP contribution is -2.48. The summed E-state index contributed by atoms with van der Waals surface area (Å²) >= 11 is 3.20. The Morgan fingerprint density at radius 2 is 1.83 bits per heavy atom. The van der Waals surface area contributed by atoms with E-state index in [1.54, 1.807) is 17.5 Å². The third kappa shape index (κ3) is 5.11. The van der Waals surface area contributed by atoms with Crippen LogP contribution in [0.2, 0.25) is 0 Å². The number of carbonyl (C=O) groups is 1. The summed E-state index contributed by atoms with van der Waals surface area (Å²) in [6.07, 6.45) is 3.75. The molecule has 3 aromatic rings. The van der Waals surface area contributed by atoms with Gasteiger partial charge in [0.1, 0.15) is 0 Å². The molecule has 1 saturated heterocycles. The second-order valence-corrected chi connectivity index (χ2v) is 9.73. The molecule has 0 spiro atoms. The number of nitrogens with zero attached hydrogens (tertiary/aromatic N) is 5. The second kappa shape index (κ2) is 9.32. The van der Waals surface area contributed by atoms with Crippen molar-refractivity contribution in [3.63, 3.8) is 0 Å². The minimum absolute atomic E-state index is 0.180. The Morgan fingerprint density at radius 1 is 1.10 bits per heavy atom. The van der Waals surface area contributed by atoms with Gasteiger partial charge in [-0.1, -0.05) is 17.8 Å². The minimum Gasteiger partial charge on any atom is -0.339 e. The van der Waals surface area contributed by atoms with Crippen LogP contribution in [0.5, 0.6) is 0 Å². The van der Waals surface area contributed by atoms with Crippen LogP contribution in [-0.4, -0.2) is 62.2 Å². The van der Waals surface area contributed by atoms with Crippen LogP contribution in [0.3, 0.4) is 0 Å². The summed E-state index contributed by atoms with van der Waals surface area (Å²) in [7, 11) is 0. The first kappa shape index (κ1) is 21.1. The summed E-state index contributed by atoms with van der Waals surface area (Å²) in [6, 6.07) is 6.44. The Hall–Kier alpha value is -2.16. The fourth-order valence-corrected chi connectivity index (χ4v) is 5.25. The highest BCUT2D eigenvalue weighted by Crippen LogP contribution is 2.23. The van der Waals surface area contributed by atoms with Crippen LogP contribution >= 0.6 is 23.1 Å². The van der Waals surface area contributed by atoms with Gasteiger partial charge in [0.25, 0.3) is 0 Å². The predicted octanol–water partition coefficient (Wildman–Crippen LogP) is 3.69. The Balaban J connectivity index is 1.30. The number of aromatic nitrogens is 3. The largest absolute Gasteiger partial charge is 0.339 e. The van der Waals surface area contributed by atoms with Crippen molar-refractivity contribution in [3.8, 4) is 5.69 Å². The normalized spacial score (nSPS) is 15.0. The molecule has 0 saturated carbocycles. The summed E-state index contributed by atoms with van der Waals surface area (Å²) in [6.45, 7) is 10.4. The van der Waals surface area contributed by atoms with Gasteiger partial charge in [0, 0.05) is 56.2 Å². The molecule has 8 heteroatoms. The fraction of sp³-hybridized carbons (Fsp3) is 0.409. The average Bonchev–Trinajstić information content (AvgIpc) is 3.34. The molecule has 1 aliphatic heterocycles. The maximum Gasteiger partial charge on any atom is 0.233 e. The maximum absolute atomic E-state index is 12.8. The van der Waals surface area contributed by atoms with Crippen LogP contribution in [0, 0.1) is 20.8 Å². The first-order valence-corrected chi connectivity index (χ1v) is 12.0. The number of benzene rings is 1. The van der Waals surface area contributed by atoms with Crippen molar-refractivity contribution < 1.29 is 4.79 Å². The average molecular weight is 442 g/mol. The zero-order valence-corrected chi connectivity index (χ0v) is 19.3. The SMILES string of the molecule is Cc1cc(C)cc(-n2ccnc2SCC(=O)N2CCN(Cc3csc(C)n3)CC2)c1. The van der Waals surface area contributed by atoms with E-state index < -0.39 is 0 Å². The highest BCUT2D eigenvalue weighted by Gasteiger charge is 2.22. The van der Waals surface area contributed by atoms with Crippen molar-refractivity contribution in [1.82, 2.24) is 24.3 Å². The van der Waals surface area contributed by atoms with Crippen LogP contribution in [0.4, 0.5) is 0 Å². The van der Waals surface area contributed by atoms with Crippen LogP contribution in [0.25, 0.3) is 5.69 Å². The molecule has 4 rings (SSSR count). The van der Waals surface area contributed by atoms with E-state index in [0.29, 0.717) is 5.75 Å². The predicted molar refractivity (Wildman–Crippen MR) is 122 cm³/mol. The molecule has 0 N–H and O–H groups in total. The lowest BCUT2D eigenvalue weighted by Gasteiger charge is -2.34. The number of hydrogen-bond acceptors (Lipinski definition) is 6. The third-order valence-corrected chi connectivity index (χ3v) is 6.97. The summed E-state index contributed by atoms with van der Waals surface area (Å²) in [4.78, 5) is 26.1. The quantitative estimate of drug-likeness (QED) is 0.546. The van der Waals surface area contributed by atoms with Gasteiger partial charge < -0.3 is 4.90 Å². The number of thioether (sulfide) groups is 1. The fourth-order valence-electron chi connectivity index (χ4n) is 3.77. The van der Waals surface area contributed by atoms with Gasteiger partial charge in [-0.2, -0.15) is 0 Å². The summed E-state index contributed by atoms with van der Waals surface area (Å²) in [5.41, 5.74) is 4.66. The Labute approximate surface area is 185 Å². The lowest BCUT2D eigenvalue weighted by atomic mass is 10.1. The maximum atomic E-state index is 12.8. The molecule has 1 aliphatic rings. The number of imidazole rings is 1. The second-order valence-electron chi connectivity index (χ2n) is 7.73. The molecule has 30 heavy (non-hydrogen) atoms. The summed E-state index contributed by atoms with van der Waals surface area (Å²) in [5.74, 6) is 0.590. The smallest absolute Gasteiger partial charge is 0.233 e. The zero-order chi connectivity index (χ0) is 21.1. The molecule has 0 bridgehead atoms. The number of piperazine rings is 1. The highest BCUT2D eigenvalue weighted by molar-refractivity contribution is 7.99.